The number of hydrogen-bond donors (Lipinski definition) is 1. The van der Waals surface area contributed by atoms with Crippen LogP contribution in [-0.2, 0) is 11.2 Å². The van der Waals surface area contributed by atoms with Crippen LogP contribution < -0.4 is 5.32 Å². The zero-order valence-electron chi connectivity index (χ0n) is 10.5. The number of nitro benzene ring substituents is 2. The molecule has 19 heavy (non-hydrogen) atoms. The van der Waals surface area contributed by atoms with Gasteiger partial charge < -0.3 is 10.1 Å². The monoisotopic (exact) mass is 269 g/mol. The van der Waals surface area contributed by atoms with Gasteiger partial charge in [0.2, 0.25) is 0 Å². The average Bonchev–Trinajstić information content (AvgIpc) is 2.38. The van der Waals surface area contributed by atoms with E-state index in [1.165, 1.54) is 12.1 Å². The van der Waals surface area contributed by atoms with Crippen LogP contribution >= 0.6 is 0 Å². The van der Waals surface area contributed by atoms with Crippen LogP contribution in [0.25, 0.3) is 0 Å². The quantitative estimate of drug-likeness (QED) is 0.432. The van der Waals surface area contributed by atoms with Crippen molar-refractivity contribution in [2.24, 2.45) is 0 Å². The van der Waals surface area contributed by atoms with Crippen molar-refractivity contribution in [2.45, 2.75) is 6.42 Å². The molecule has 1 rings (SSSR count). The van der Waals surface area contributed by atoms with Crippen molar-refractivity contribution >= 4 is 11.4 Å². The van der Waals surface area contributed by atoms with E-state index in [0.717, 1.165) is 6.07 Å². The minimum absolute atomic E-state index is 0.220. The van der Waals surface area contributed by atoms with Gasteiger partial charge in [0, 0.05) is 25.3 Å². The Kier molecular flexibility index (Phi) is 5.83. The van der Waals surface area contributed by atoms with E-state index >= 15 is 0 Å². The van der Waals surface area contributed by atoms with E-state index in [1.54, 1.807) is 7.11 Å². The molecule has 0 amide bonds. The van der Waals surface area contributed by atoms with Crippen molar-refractivity contribution < 1.29 is 14.6 Å². The summed E-state index contributed by atoms with van der Waals surface area (Å²) in [5, 5.41) is 24.5. The Hall–Kier alpha value is -2.06. The lowest BCUT2D eigenvalue weighted by atomic mass is 10.1. The zero-order chi connectivity index (χ0) is 14.3. The van der Waals surface area contributed by atoms with E-state index in [9.17, 15) is 20.2 Å². The molecule has 0 bridgehead atoms. The molecule has 1 N–H and O–H groups in total. The summed E-state index contributed by atoms with van der Waals surface area (Å²) < 4.78 is 4.85. The van der Waals surface area contributed by atoms with Gasteiger partial charge in [-0.25, -0.2) is 0 Å². The summed E-state index contributed by atoms with van der Waals surface area (Å²) in [5.74, 6) is 0. The molecule has 1 aromatic carbocycles. The van der Waals surface area contributed by atoms with Crippen LogP contribution in [0.4, 0.5) is 11.4 Å². The van der Waals surface area contributed by atoms with E-state index in [4.69, 9.17) is 4.74 Å². The molecular weight excluding hydrogens is 254 g/mol. The number of benzene rings is 1. The lowest BCUT2D eigenvalue weighted by Crippen LogP contribution is -2.22. The second-order valence-corrected chi connectivity index (χ2v) is 3.82. The third-order valence-corrected chi connectivity index (χ3v) is 2.53. The van der Waals surface area contributed by atoms with Gasteiger partial charge in [0.05, 0.1) is 22.5 Å². The summed E-state index contributed by atoms with van der Waals surface area (Å²) >= 11 is 0. The summed E-state index contributed by atoms with van der Waals surface area (Å²) in [6, 6.07) is 3.69. The van der Waals surface area contributed by atoms with E-state index in [-0.39, 0.29) is 11.4 Å². The summed E-state index contributed by atoms with van der Waals surface area (Å²) in [7, 11) is 1.59. The molecule has 0 aliphatic heterocycles. The van der Waals surface area contributed by atoms with Gasteiger partial charge in [0.1, 0.15) is 0 Å². The predicted molar refractivity (Wildman–Crippen MR) is 68.2 cm³/mol. The Morgan fingerprint density at radius 3 is 2.53 bits per heavy atom. The molecule has 0 fully saturated rings. The SMILES string of the molecule is COCCNCCc1ccc([N+](=O)[O-])cc1[N+](=O)[O-]. The van der Waals surface area contributed by atoms with Crippen LogP contribution in [0.2, 0.25) is 0 Å². The largest absolute Gasteiger partial charge is 0.383 e. The highest BCUT2D eigenvalue weighted by Crippen LogP contribution is 2.24. The maximum Gasteiger partial charge on any atom is 0.279 e. The van der Waals surface area contributed by atoms with Gasteiger partial charge in [-0.05, 0) is 19.0 Å². The summed E-state index contributed by atoms with van der Waals surface area (Å²) in [6.07, 6.45) is 0.429. The summed E-state index contributed by atoms with van der Waals surface area (Å²) in [4.78, 5) is 20.2. The molecular formula is C11H15N3O5. The van der Waals surface area contributed by atoms with Crippen molar-refractivity contribution in [1.82, 2.24) is 5.32 Å². The van der Waals surface area contributed by atoms with Gasteiger partial charge in [0.15, 0.2) is 0 Å². The number of methoxy groups -OCH3 is 1. The predicted octanol–water partition coefficient (Wildman–Crippen LogP) is 1.28. The molecule has 8 heteroatoms. The average molecular weight is 269 g/mol. The van der Waals surface area contributed by atoms with Crippen LogP contribution in [0.1, 0.15) is 5.56 Å². The first-order valence-corrected chi connectivity index (χ1v) is 5.67. The molecule has 8 nitrogen and oxygen atoms in total. The van der Waals surface area contributed by atoms with E-state index < -0.39 is 9.85 Å². The molecule has 0 saturated heterocycles. The minimum atomic E-state index is -0.645. The molecule has 0 saturated carbocycles. The van der Waals surface area contributed by atoms with Gasteiger partial charge >= 0.3 is 0 Å². The molecule has 0 aliphatic rings. The van der Waals surface area contributed by atoms with Crippen molar-refractivity contribution in [3.05, 3.63) is 44.0 Å². The number of nitrogens with one attached hydrogen (secondary N) is 1. The van der Waals surface area contributed by atoms with Gasteiger partial charge in [-0.1, -0.05) is 0 Å². The highest BCUT2D eigenvalue weighted by atomic mass is 16.6. The number of nitro groups is 2. The zero-order valence-corrected chi connectivity index (χ0v) is 10.5. The molecule has 0 aliphatic carbocycles. The lowest BCUT2D eigenvalue weighted by molar-refractivity contribution is -0.394. The van der Waals surface area contributed by atoms with Crippen LogP contribution in [0.3, 0.4) is 0 Å². The smallest absolute Gasteiger partial charge is 0.279 e. The Labute approximate surface area is 109 Å². The van der Waals surface area contributed by atoms with Crippen LogP contribution in [0.15, 0.2) is 18.2 Å². The van der Waals surface area contributed by atoms with Crippen molar-refractivity contribution in [3.8, 4) is 0 Å². The van der Waals surface area contributed by atoms with Gasteiger partial charge in [-0.3, -0.25) is 20.2 Å². The highest BCUT2D eigenvalue weighted by molar-refractivity contribution is 5.49. The number of non-ortho nitro benzene ring substituents is 1. The molecule has 0 radical (unpaired) electrons. The first-order chi connectivity index (χ1) is 9.06. The number of hydrogen-bond acceptors (Lipinski definition) is 6. The van der Waals surface area contributed by atoms with Gasteiger partial charge in [-0.15, -0.1) is 0 Å². The number of nitrogens with zero attached hydrogens (tertiary/aromatic N) is 2. The van der Waals surface area contributed by atoms with Crippen molar-refractivity contribution in [3.63, 3.8) is 0 Å². The molecule has 0 atom stereocenters. The minimum Gasteiger partial charge on any atom is -0.383 e. The molecule has 0 unspecified atom stereocenters. The van der Waals surface area contributed by atoms with Gasteiger partial charge in [0.25, 0.3) is 11.4 Å². The van der Waals surface area contributed by atoms with Gasteiger partial charge in [-0.2, -0.15) is 0 Å². The van der Waals surface area contributed by atoms with Crippen molar-refractivity contribution in [2.75, 3.05) is 26.8 Å². The Balaban J connectivity index is 2.71. The fourth-order valence-corrected chi connectivity index (χ4v) is 1.57. The van der Waals surface area contributed by atoms with E-state index in [2.05, 4.69) is 5.32 Å². The van der Waals surface area contributed by atoms with Crippen molar-refractivity contribution in [1.29, 1.82) is 0 Å². The first-order valence-electron chi connectivity index (χ1n) is 5.67. The van der Waals surface area contributed by atoms with Crippen LogP contribution in [0.5, 0.6) is 0 Å². The fourth-order valence-electron chi connectivity index (χ4n) is 1.57. The molecule has 0 heterocycles. The first kappa shape index (κ1) is 15.0. The standard InChI is InChI=1S/C11H15N3O5/c1-19-7-6-12-5-4-9-2-3-10(13(15)16)8-11(9)14(17)18/h2-3,8,12H,4-7H2,1H3. The molecule has 1 aromatic rings. The topological polar surface area (TPSA) is 108 Å². The Morgan fingerprint density at radius 2 is 1.95 bits per heavy atom. The Morgan fingerprint density at radius 1 is 1.21 bits per heavy atom. The second kappa shape index (κ2) is 7.39. The third-order valence-electron chi connectivity index (χ3n) is 2.53. The maximum absolute atomic E-state index is 10.9. The fraction of sp³-hybridized carbons (Fsp3) is 0.455. The Bertz CT molecular complexity index is 464. The molecule has 0 spiro atoms. The lowest BCUT2D eigenvalue weighted by Gasteiger charge is -2.05. The molecule has 0 aromatic heterocycles. The number of ether oxygens (including phenoxy) is 1. The normalized spacial score (nSPS) is 10.4. The summed E-state index contributed by atoms with van der Waals surface area (Å²) in [6.45, 7) is 1.75. The summed E-state index contributed by atoms with van der Waals surface area (Å²) in [5.41, 5.74) is -0.0222. The third kappa shape index (κ3) is 4.60. The van der Waals surface area contributed by atoms with Crippen LogP contribution in [0, 0.1) is 20.2 Å². The highest BCUT2D eigenvalue weighted by Gasteiger charge is 2.18. The maximum atomic E-state index is 10.9. The number of rotatable bonds is 8. The van der Waals surface area contributed by atoms with E-state index in [1.807, 2.05) is 0 Å². The second-order valence-electron chi connectivity index (χ2n) is 3.82. The van der Waals surface area contributed by atoms with Crippen LogP contribution in [-0.4, -0.2) is 36.7 Å². The molecule has 104 valence electrons. The van der Waals surface area contributed by atoms with E-state index in [0.29, 0.717) is 31.7 Å².